The molecule has 0 heterocycles. The highest BCUT2D eigenvalue weighted by molar-refractivity contribution is 7.89. The van der Waals surface area contributed by atoms with Gasteiger partial charge < -0.3 is 5.11 Å². The quantitative estimate of drug-likeness (QED) is 0.841. The van der Waals surface area contributed by atoms with E-state index in [9.17, 15) is 17.6 Å². The molecular formula is C12H15ClFNO4S. The Kier molecular flexibility index (Phi) is 5.50. The topological polar surface area (TPSA) is 83.5 Å². The summed E-state index contributed by atoms with van der Waals surface area (Å²) in [6, 6.07) is 2.19. The summed E-state index contributed by atoms with van der Waals surface area (Å²) in [4.78, 5) is 10.4. The lowest BCUT2D eigenvalue weighted by Crippen LogP contribution is -2.41. The van der Waals surface area contributed by atoms with E-state index in [1.165, 1.54) is 12.1 Å². The highest BCUT2D eigenvalue weighted by Crippen LogP contribution is 2.22. The second-order valence-electron chi connectivity index (χ2n) is 4.69. The van der Waals surface area contributed by atoms with E-state index in [0.717, 1.165) is 6.07 Å². The molecule has 1 aromatic carbocycles. The minimum atomic E-state index is -4.29. The number of benzene rings is 1. The fourth-order valence-electron chi connectivity index (χ4n) is 1.61. The molecule has 0 aromatic heterocycles. The average Bonchev–Trinajstić information content (AvgIpc) is 2.30. The molecule has 2 N–H and O–H groups in total. The largest absolute Gasteiger partial charge is 0.480 e. The van der Waals surface area contributed by atoms with Gasteiger partial charge in [0, 0.05) is 0 Å². The van der Waals surface area contributed by atoms with Gasteiger partial charge in [-0.15, -0.1) is 0 Å². The van der Waals surface area contributed by atoms with Crippen molar-refractivity contribution in [1.82, 2.24) is 4.72 Å². The predicted molar refractivity (Wildman–Crippen MR) is 72.6 cm³/mol. The van der Waals surface area contributed by atoms with E-state index >= 15 is 0 Å². The zero-order chi connectivity index (χ0) is 15.5. The molecule has 20 heavy (non-hydrogen) atoms. The maximum absolute atomic E-state index is 13.7. The summed E-state index contributed by atoms with van der Waals surface area (Å²) in [6.45, 7) is 3.51. The molecule has 0 fully saturated rings. The fraction of sp³-hybridized carbons (Fsp3) is 0.417. The Balaban J connectivity index is 3.10. The van der Waals surface area contributed by atoms with Gasteiger partial charge in [-0.3, -0.25) is 4.79 Å². The first-order chi connectivity index (χ1) is 9.15. The number of nitrogens with one attached hydrogen (secondary N) is 1. The molecule has 0 radical (unpaired) electrons. The van der Waals surface area contributed by atoms with E-state index in [0.29, 0.717) is 0 Å². The monoisotopic (exact) mass is 323 g/mol. The number of rotatable bonds is 6. The van der Waals surface area contributed by atoms with E-state index < -0.39 is 32.7 Å². The van der Waals surface area contributed by atoms with Gasteiger partial charge in [0.2, 0.25) is 10.0 Å². The van der Waals surface area contributed by atoms with E-state index in [-0.39, 0.29) is 17.4 Å². The third kappa shape index (κ3) is 4.16. The van der Waals surface area contributed by atoms with Crippen molar-refractivity contribution in [2.24, 2.45) is 5.92 Å². The number of hydrogen-bond acceptors (Lipinski definition) is 3. The zero-order valence-corrected chi connectivity index (χ0v) is 12.5. The van der Waals surface area contributed by atoms with Crippen LogP contribution in [0.5, 0.6) is 0 Å². The van der Waals surface area contributed by atoms with Crippen LogP contribution in [-0.2, 0) is 14.8 Å². The molecule has 112 valence electrons. The van der Waals surface area contributed by atoms with Crippen LogP contribution in [0, 0.1) is 11.7 Å². The van der Waals surface area contributed by atoms with Crippen molar-refractivity contribution in [1.29, 1.82) is 0 Å². The molecule has 0 spiro atoms. The minimum Gasteiger partial charge on any atom is -0.480 e. The highest BCUT2D eigenvalue weighted by atomic mass is 35.5. The number of hydrogen-bond donors (Lipinski definition) is 2. The van der Waals surface area contributed by atoms with Gasteiger partial charge in [-0.1, -0.05) is 31.5 Å². The van der Waals surface area contributed by atoms with Crippen molar-refractivity contribution in [3.8, 4) is 0 Å². The average molecular weight is 324 g/mol. The van der Waals surface area contributed by atoms with Crippen molar-refractivity contribution in [3.63, 3.8) is 0 Å². The molecule has 1 aromatic rings. The number of sulfonamides is 1. The van der Waals surface area contributed by atoms with Crippen LogP contribution in [0.3, 0.4) is 0 Å². The lowest BCUT2D eigenvalue weighted by molar-refractivity contribution is -0.139. The van der Waals surface area contributed by atoms with Gasteiger partial charge >= 0.3 is 5.97 Å². The van der Waals surface area contributed by atoms with Crippen LogP contribution in [0.25, 0.3) is 0 Å². The molecule has 0 aliphatic carbocycles. The molecule has 0 unspecified atom stereocenters. The molecule has 0 amide bonds. The Morgan fingerprint density at radius 3 is 2.55 bits per heavy atom. The normalized spacial score (nSPS) is 13.4. The lowest BCUT2D eigenvalue weighted by Gasteiger charge is -2.17. The van der Waals surface area contributed by atoms with Crippen LogP contribution < -0.4 is 4.72 Å². The van der Waals surface area contributed by atoms with Crippen molar-refractivity contribution in [2.75, 3.05) is 0 Å². The predicted octanol–water partition coefficient (Wildman–Crippen LogP) is 2.26. The van der Waals surface area contributed by atoms with Gasteiger partial charge in [-0.2, -0.15) is 4.72 Å². The molecule has 8 heteroatoms. The first-order valence-corrected chi connectivity index (χ1v) is 7.70. The van der Waals surface area contributed by atoms with Gasteiger partial charge in [0.1, 0.15) is 10.9 Å². The standard InChI is InChI=1S/C12H15ClFNO4S/c1-7(2)6-9(12(16)17)15-20(18,19)10-5-3-4-8(13)11(10)14/h3-5,7,9,15H,6H2,1-2H3,(H,16,17)/t9-/m0/s1. The van der Waals surface area contributed by atoms with Crippen LogP contribution in [0.15, 0.2) is 23.1 Å². The summed E-state index contributed by atoms with van der Waals surface area (Å²) in [5.74, 6) is -2.46. The zero-order valence-electron chi connectivity index (χ0n) is 10.9. The Morgan fingerprint density at radius 2 is 2.05 bits per heavy atom. The van der Waals surface area contributed by atoms with Crippen molar-refractivity contribution >= 4 is 27.6 Å². The second-order valence-corrected chi connectivity index (χ2v) is 6.78. The molecule has 1 rings (SSSR count). The summed E-state index contributed by atoms with van der Waals surface area (Å²) in [7, 11) is -4.29. The maximum Gasteiger partial charge on any atom is 0.321 e. The Morgan fingerprint density at radius 1 is 1.45 bits per heavy atom. The Bertz CT molecular complexity index is 603. The van der Waals surface area contributed by atoms with Gasteiger partial charge in [0.05, 0.1) is 5.02 Å². The molecule has 0 aliphatic heterocycles. The third-order valence-corrected chi connectivity index (χ3v) is 4.29. The smallest absolute Gasteiger partial charge is 0.321 e. The number of carboxylic acids is 1. The number of aliphatic carboxylic acids is 1. The van der Waals surface area contributed by atoms with E-state index in [2.05, 4.69) is 0 Å². The summed E-state index contributed by atoms with van der Waals surface area (Å²) >= 11 is 5.52. The van der Waals surface area contributed by atoms with Crippen LogP contribution in [0.4, 0.5) is 4.39 Å². The Labute approximate surface area is 121 Å². The van der Waals surface area contributed by atoms with Gasteiger partial charge in [0.15, 0.2) is 5.82 Å². The van der Waals surface area contributed by atoms with Crippen molar-refractivity contribution in [2.45, 2.75) is 31.2 Å². The third-order valence-electron chi connectivity index (χ3n) is 2.51. The number of carboxylic acid groups (broad SMARTS) is 1. The lowest BCUT2D eigenvalue weighted by atomic mass is 10.1. The van der Waals surface area contributed by atoms with E-state index in [1.807, 2.05) is 4.72 Å². The highest BCUT2D eigenvalue weighted by Gasteiger charge is 2.28. The van der Waals surface area contributed by atoms with Gasteiger partial charge in [-0.25, -0.2) is 12.8 Å². The van der Waals surface area contributed by atoms with Gasteiger partial charge in [-0.05, 0) is 24.5 Å². The molecule has 0 bridgehead atoms. The summed E-state index contributed by atoms with van der Waals surface area (Å²) in [5.41, 5.74) is 0. The fourth-order valence-corrected chi connectivity index (χ4v) is 3.15. The number of carbonyl (C=O) groups is 1. The SMILES string of the molecule is CC(C)C[C@H](NS(=O)(=O)c1cccc(Cl)c1F)C(=O)O. The second kappa shape index (κ2) is 6.51. The molecular weight excluding hydrogens is 309 g/mol. The first-order valence-electron chi connectivity index (χ1n) is 5.84. The van der Waals surface area contributed by atoms with Gasteiger partial charge in [0.25, 0.3) is 0 Å². The molecule has 0 saturated carbocycles. The van der Waals surface area contributed by atoms with Crippen LogP contribution >= 0.6 is 11.6 Å². The van der Waals surface area contributed by atoms with E-state index in [1.54, 1.807) is 13.8 Å². The molecule has 5 nitrogen and oxygen atoms in total. The summed E-state index contributed by atoms with van der Waals surface area (Å²) in [5, 5.41) is 8.67. The molecule has 0 saturated heterocycles. The van der Waals surface area contributed by atoms with E-state index in [4.69, 9.17) is 16.7 Å². The summed E-state index contributed by atoms with van der Waals surface area (Å²) in [6.07, 6.45) is 0.0940. The van der Waals surface area contributed by atoms with Crippen molar-refractivity contribution in [3.05, 3.63) is 29.0 Å². The minimum absolute atomic E-state index is 0.0389. The van der Waals surface area contributed by atoms with Crippen LogP contribution in [-0.4, -0.2) is 25.5 Å². The summed E-state index contributed by atoms with van der Waals surface area (Å²) < 4.78 is 39.8. The number of halogens is 2. The first kappa shape index (κ1) is 16.9. The van der Waals surface area contributed by atoms with Crippen LogP contribution in [0.1, 0.15) is 20.3 Å². The van der Waals surface area contributed by atoms with Crippen LogP contribution in [0.2, 0.25) is 5.02 Å². The van der Waals surface area contributed by atoms with Crippen molar-refractivity contribution < 1.29 is 22.7 Å². The molecule has 0 aliphatic rings. The Hall–Kier alpha value is -1.18. The molecule has 1 atom stereocenters. The maximum atomic E-state index is 13.7.